The van der Waals surface area contributed by atoms with E-state index < -0.39 is 42.3 Å². The monoisotopic (exact) mass is 661 g/mol. The van der Waals surface area contributed by atoms with Crippen molar-refractivity contribution in [1.29, 1.82) is 5.26 Å². The van der Waals surface area contributed by atoms with Gasteiger partial charge in [-0.2, -0.15) is 10.4 Å². The maximum atomic E-state index is 14.1. The van der Waals surface area contributed by atoms with Crippen LogP contribution in [0.3, 0.4) is 0 Å². The molecule has 2 aliphatic rings. The SMILES string of the molecule is CC(=O)C1CN(C(=O)Nc2ccc3c(c2)c(=O)n(CC2CC2)c(=O)n3C(C)C)CCN1C(N=Nc1ccc(C#N)c(F)c1)OCC(N)=O. The molecular weight excluding hydrogens is 625 g/mol. The number of anilines is 1. The normalized spacial score (nSPS) is 17.5. The summed E-state index contributed by atoms with van der Waals surface area (Å²) in [5.74, 6) is -1.62. The standard InChI is InChI=1S/C32H36FN9O6/c1-18(2)42-26-9-8-22(12-24(26)29(45)41(32(42)47)15-20-4-5-20)36-30(46)39-10-11-40(27(16-39)19(3)43)31(48-17-28(35)44)38-37-23-7-6-21(14-34)25(33)13-23/h6-9,12-13,18,20,27,31H,4-5,10-11,15-17H2,1-3H3,(H2,35,44)(H,36,46). The lowest BCUT2D eigenvalue weighted by Gasteiger charge is -2.41. The van der Waals surface area contributed by atoms with Crippen LogP contribution in [-0.2, 0) is 20.9 Å². The van der Waals surface area contributed by atoms with Gasteiger partial charge in [0.2, 0.25) is 12.3 Å². The predicted molar refractivity (Wildman–Crippen MR) is 172 cm³/mol. The molecule has 1 saturated heterocycles. The lowest BCUT2D eigenvalue weighted by molar-refractivity contribution is -0.142. The van der Waals surface area contributed by atoms with Crippen LogP contribution in [0.2, 0.25) is 0 Å². The maximum absolute atomic E-state index is 14.1. The number of halogens is 1. The second-order valence-electron chi connectivity index (χ2n) is 12.2. The van der Waals surface area contributed by atoms with Gasteiger partial charge in [0.1, 0.15) is 24.3 Å². The molecular formula is C32H36FN9O6. The molecule has 5 rings (SSSR count). The van der Waals surface area contributed by atoms with Gasteiger partial charge < -0.3 is 20.7 Å². The van der Waals surface area contributed by atoms with E-state index in [1.165, 1.54) is 33.4 Å². The van der Waals surface area contributed by atoms with E-state index in [1.807, 2.05) is 13.8 Å². The van der Waals surface area contributed by atoms with Crippen molar-refractivity contribution in [3.63, 3.8) is 0 Å². The van der Waals surface area contributed by atoms with Crippen molar-refractivity contribution in [2.24, 2.45) is 21.9 Å². The molecule has 2 unspecified atom stereocenters. The van der Waals surface area contributed by atoms with E-state index in [0.29, 0.717) is 29.1 Å². The number of nitrogens with two attached hydrogens (primary N) is 1. The minimum atomic E-state index is -1.29. The highest BCUT2D eigenvalue weighted by atomic mass is 19.1. The van der Waals surface area contributed by atoms with E-state index >= 15 is 0 Å². The molecule has 2 fully saturated rings. The fraction of sp³-hybridized carbons (Fsp3) is 0.438. The van der Waals surface area contributed by atoms with Gasteiger partial charge in [0.05, 0.1) is 28.2 Å². The van der Waals surface area contributed by atoms with Crippen LogP contribution in [0.4, 0.5) is 20.6 Å². The van der Waals surface area contributed by atoms with Crippen molar-refractivity contribution in [3.05, 3.63) is 68.6 Å². The smallest absolute Gasteiger partial charge is 0.331 e. The average Bonchev–Trinajstić information content (AvgIpc) is 3.87. The molecule has 16 heteroatoms. The lowest BCUT2D eigenvalue weighted by atomic mass is 10.1. The number of piperazine rings is 1. The highest BCUT2D eigenvalue weighted by molar-refractivity contribution is 5.93. The Bertz CT molecular complexity index is 1940. The molecule has 3 N–H and O–H groups in total. The fourth-order valence-electron chi connectivity index (χ4n) is 5.61. The zero-order valence-corrected chi connectivity index (χ0v) is 26.8. The van der Waals surface area contributed by atoms with E-state index in [1.54, 1.807) is 28.8 Å². The number of amides is 3. The third-order valence-electron chi connectivity index (χ3n) is 8.26. The van der Waals surface area contributed by atoms with Crippen molar-refractivity contribution in [1.82, 2.24) is 18.9 Å². The zero-order valence-electron chi connectivity index (χ0n) is 26.8. The number of carbonyl (C=O) groups excluding carboxylic acids is 3. The molecule has 2 heterocycles. The van der Waals surface area contributed by atoms with Gasteiger partial charge in [-0.3, -0.25) is 23.5 Å². The summed E-state index contributed by atoms with van der Waals surface area (Å²) in [6.45, 7) is 4.98. The molecule has 1 aliphatic heterocycles. The summed E-state index contributed by atoms with van der Waals surface area (Å²) in [4.78, 5) is 67.3. The van der Waals surface area contributed by atoms with Gasteiger partial charge in [-0.25, -0.2) is 18.9 Å². The minimum Gasteiger partial charge on any atom is -0.368 e. The van der Waals surface area contributed by atoms with Crippen LogP contribution in [0.25, 0.3) is 10.9 Å². The zero-order chi connectivity index (χ0) is 34.7. The van der Waals surface area contributed by atoms with Gasteiger partial charge in [-0.1, -0.05) is 0 Å². The van der Waals surface area contributed by atoms with Gasteiger partial charge >= 0.3 is 11.7 Å². The predicted octanol–water partition coefficient (Wildman–Crippen LogP) is 2.84. The molecule has 0 radical (unpaired) electrons. The first kappa shape index (κ1) is 34.1. The van der Waals surface area contributed by atoms with Gasteiger partial charge in [0, 0.05) is 44.0 Å². The summed E-state index contributed by atoms with van der Waals surface area (Å²) < 4.78 is 22.5. The Hall–Kier alpha value is -5.27. The number of ketones is 1. The third kappa shape index (κ3) is 7.48. The topological polar surface area (TPSA) is 197 Å². The number of primary amides is 1. The molecule has 0 bridgehead atoms. The number of nitrogens with one attached hydrogen (secondary N) is 1. The number of ether oxygens (including phenoxy) is 1. The molecule has 0 spiro atoms. The number of aromatic nitrogens is 2. The number of rotatable bonds is 11. The molecule has 3 amide bonds. The molecule has 1 saturated carbocycles. The Morgan fingerprint density at radius 2 is 1.90 bits per heavy atom. The van der Waals surface area contributed by atoms with Crippen LogP contribution in [0.15, 0.2) is 56.2 Å². The van der Waals surface area contributed by atoms with Gasteiger partial charge in [0.15, 0.2) is 0 Å². The number of benzene rings is 2. The number of hydrogen-bond donors (Lipinski definition) is 2. The third-order valence-corrected chi connectivity index (χ3v) is 8.26. The molecule has 15 nitrogen and oxygen atoms in total. The number of urea groups is 1. The molecule has 2 aromatic carbocycles. The number of Topliss-reactive ketones (excluding diaryl/α,β-unsaturated/α-hetero) is 1. The Morgan fingerprint density at radius 3 is 2.52 bits per heavy atom. The van der Waals surface area contributed by atoms with Crippen LogP contribution in [0.5, 0.6) is 0 Å². The summed E-state index contributed by atoms with van der Waals surface area (Å²) in [6, 6.07) is 8.48. The Kier molecular flexibility index (Phi) is 10.1. The lowest BCUT2D eigenvalue weighted by Crippen LogP contribution is -2.61. The number of nitriles is 1. The molecule has 1 aromatic heterocycles. The second kappa shape index (κ2) is 14.2. The average molecular weight is 662 g/mol. The number of nitrogens with zero attached hydrogens (tertiary/aromatic N) is 7. The van der Waals surface area contributed by atoms with Crippen LogP contribution in [-0.4, -0.2) is 75.3 Å². The molecule has 2 atom stereocenters. The Labute approximate surface area is 274 Å². The van der Waals surface area contributed by atoms with Gasteiger partial charge in [-0.15, -0.1) is 5.11 Å². The highest BCUT2D eigenvalue weighted by Gasteiger charge is 2.37. The quantitative estimate of drug-likeness (QED) is 0.292. The number of fused-ring (bicyclic) bond motifs is 1. The van der Waals surface area contributed by atoms with Crippen LogP contribution in [0, 0.1) is 23.1 Å². The van der Waals surface area contributed by atoms with Crippen LogP contribution >= 0.6 is 0 Å². The van der Waals surface area contributed by atoms with Crippen molar-refractivity contribution in [3.8, 4) is 6.07 Å². The van der Waals surface area contributed by atoms with Gasteiger partial charge in [-0.05, 0) is 69.9 Å². The van der Waals surface area contributed by atoms with Gasteiger partial charge in [0.25, 0.3) is 5.56 Å². The Balaban J connectivity index is 1.36. The Morgan fingerprint density at radius 1 is 1.15 bits per heavy atom. The number of azo groups is 1. The highest BCUT2D eigenvalue weighted by Crippen LogP contribution is 2.30. The fourth-order valence-corrected chi connectivity index (χ4v) is 5.61. The van der Waals surface area contributed by atoms with Crippen molar-refractivity contribution < 1.29 is 23.5 Å². The summed E-state index contributed by atoms with van der Waals surface area (Å²) in [6.07, 6.45) is 0.648. The molecule has 1 aliphatic carbocycles. The van der Waals surface area contributed by atoms with Crippen molar-refractivity contribution >= 4 is 40.0 Å². The van der Waals surface area contributed by atoms with Crippen molar-refractivity contribution in [2.75, 3.05) is 31.6 Å². The summed E-state index contributed by atoms with van der Waals surface area (Å²) >= 11 is 0. The largest absolute Gasteiger partial charge is 0.368 e. The van der Waals surface area contributed by atoms with E-state index in [0.717, 1.165) is 18.9 Å². The molecule has 48 heavy (non-hydrogen) atoms. The van der Waals surface area contributed by atoms with Crippen molar-refractivity contribution in [2.45, 2.75) is 58.6 Å². The first-order chi connectivity index (χ1) is 22.9. The first-order valence-electron chi connectivity index (χ1n) is 15.5. The van der Waals surface area contributed by atoms with E-state index in [-0.39, 0.29) is 48.4 Å². The number of hydrogen-bond acceptors (Lipinski definition) is 10. The van der Waals surface area contributed by atoms with E-state index in [4.69, 9.17) is 15.7 Å². The molecule has 252 valence electrons. The van der Waals surface area contributed by atoms with Crippen LogP contribution in [0.1, 0.15) is 45.2 Å². The second-order valence-corrected chi connectivity index (χ2v) is 12.2. The maximum Gasteiger partial charge on any atom is 0.331 e. The van der Waals surface area contributed by atoms with E-state index in [2.05, 4.69) is 15.5 Å². The van der Waals surface area contributed by atoms with E-state index in [9.17, 15) is 28.4 Å². The molecule has 3 aromatic rings. The summed E-state index contributed by atoms with van der Waals surface area (Å²) in [5, 5.41) is 20.1. The first-order valence-corrected chi connectivity index (χ1v) is 15.5. The summed E-state index contributed by atoms with van der Waals surface area (Å²) in [7, 11) is 0. The minimum absolute atomic E-state index is 0.0663. The van der Waals surface area contributed by atoms with Crippen LogP contribution < -0.4 is 22.3 Å². The number of carbonyl (C=O) groups is 3. The summed E-state index contributed by atoms with van der Waals surface area (Å²) in [5.41, 5.74) is 5.18.